The normalized spacial score (nSPS) is 18.9. The summed E-state index contributed by atoms with van der Waals surface area (Å²) in [6.45, 7) is 17.8. The zero-order valence-corrected chi connectivity index (χ0v) is 36.3. The van der Waals surface area contributed by atoms with Gasteiger partial charge >= 0.3 is 5.97 Å². The monoisotopic (exact) mass is 788 g/mol. The predicted molar refractivity (Wildman–Crippen MR) is 218 cm³/mol. The Balaban J connectivity index is 2.29. The van der Waals surface area contributed by atoms with Crippen LogP contribution < -0.4 is 16.4 Å². The van der Waals surface area contributed by atoms with E-state index in [2.05, 4.69) is 10.6 Å². The Bertz CT molecular complexity index is 1400. The number of methoxy groups -OCH3 is 2. The second-order valence-electron chi connectivity index (χ2n) is 16.9. The molecule has 0 bridgehead atoms. The van der Waals surface area contributed by atoms with E-state index in [1.807, 2.05) is 65.0 Å². The standard InChI is InChI=1S/C43H73N5O8/c1-13-28(4)37(47(10)41(52)36(27(2)3)46-39(50)29(5)19-17-23-44)34(54-11)26-35(49)48-24-18-22-33(48)38(55-12)30(6)40(51)45-32(42(53)56-43(7,8)9)25-31-20-15-14-16-21-31/h14-16,20-21,27-30,32-34,36-38H,13,17-19,22-26,44H2,1-12H3,(H,45,51)(H,46,50)/t28-,29+,30+,32-,33-,34+,36-,37-,38+/m0/s1. The molecule has 1 fully saturated rings. The molecule has 0 aromatic heterocycles. The summed E-state index contributed by atoms with van der Waals surface area (Å²) in [6.07, 6.45) is 2.39. The molecule has 2 rings (SSSR count). The van der Waals surface area contributed by atoms with Crippen LogP contribution in [0.4, 0.5) is 0 Å². The van der Waals surface area contributed by atoms with E-state index in [4.69, 9.17) is 19.9 Å². The minimum absolute atomic E-state index is 0.00323. The topological polar surface area (TPSA) is 170 Å². The first-order chi connectivity index (χ1) is 26.3. The summed E-state index contributed by atoms with van der Waals surface area (Å²) in [5.41, 5.74) is 5.79. The van der Waals surface area contributed by atoms with Crippen LogP contribution in [-0.2, 0) is 44.6 Å². The van der Waals surface area contributed by atoms with Gasteiger partial charge in [0.15, 0.2) is 0 Å². The van der Waals surface area contributed by atoms with Crippen molar-refractivity contribution in [3.8, 4) is 0 Å². The Morgan fingerprint density at radius 3 is 2.14 bits per heavy atom. The fraction of sp³-hybridized carbons (Fsp3) is 0.744. The predicted octanol–water partition coefficient (Wildman–Crippen LogP) is 4.49. The fourth-order valence-electron chi connectivity index (χ4n) is 7.61. The van der Waals surface area contributed by atoms with Crippen molar-refractivity contribution >= 4 is 29.6 Å². The smallest absolute Gasteiger partial charge is 0.329 e. The highest BCUT2D eigenvalue weighted by atomic mass is 16.6. The zero-order valence-electron chi connectivity index (χ0n) is 36.3. The van der Waals surface area contributed by atoms with Crippen LogP contribution in [0.25, 0.3) is 0 Å². The summed E-state index contributed by atoms with van der Waals surface area (Å²) in [7, 11) is 4.80. The number of hydrogen-bond donors (Lipinski definition) is 3. The highest BCUT2D eigenvalue weighted by Gasteiger charge is 2.43. The van der Waals surface area contributed by atoms with Gasteiger partial charge < -0.3 is 40.4 Å². The van der Waals surface area contributed by atoms with E-state index in [1.54, 1.807) is 51.7 Å². The summed E-state index contributed by atoms with van der Waals surface area (Å²) in [5.74, 6) is -2.72. The third-order valence-corrected chi connectivity index (χ3v) is 11.1. The van der Waals surface area contributed by atoms with Crippen molar-refractivity contribution in [1.29, 1.82) is 0 Å². The largest absolute Gasteiger partial charge is 0.458 e. The van der Waals surface area contributed by atoms with Crippen LogP contribution in [0.2, 0.25) is 0 Å². The van der Waals surface area contributed by atoms with Gasteiger partial charge in [-0.05, 0) is 70.4 Å². The molecular formula is C43H73N5O8. The number of benzene rings is 1. The molecule has 0 spiro atoms. The van der Waals surface area contributed by atoms with Crippen molar-refractivity contribution in [2.24, 2.45) is 29.4 Å². The Morgan fingerprint density at radius 1 is 0.964 bits per heavy atom. The van der Waals surface area contributed by atoms with E-state index in [9.17, 15) is 24.0 Å². The molecule has 0 unspecified atom stereocenters. The van der Waals surface area contributed by atoms with E-state index in [-0.39, 0.29) is 54.2 Å². The average Bonchev–Trinajstić information content (AvgIpc) is 3.64. The molecule has 1 aliphatic heterocycles. The second kappa shape index (κ2) is 23.0. The Kier molecular flexibility index (Phi) is 20.0. The summed E-state index contributed by atoms with van der Waals surface area (Å²) < 4.78 is 17.7. The summed E-state index contributed by atoms with van der Waals surface area (Å²) in [4.78, 5) is 72.1. The number of amides is 4. The maximum Gasteiger partial charge on any atom is 0.329 e. The molecule has 56 heavy (non-hydrogen) atoms. The minimum atomic E-state index is -0.923. The van der Waals surface area contributed by atoms with Gasteiger partial charge in [0.05, 0.1) is 36.6 Å². The lowest BCUT2D eigenvalue weighted by Gasteiger charge is -2.41. The molecule has 4 amide bonds. The van der Waals surface area contributed by atoms with Gasteiger partial charge in [0, 0.05) is 40.2 Å². The number of likely N-dealkylation sites (N-methyl/N-ethyl adjacent to an activating group) is 1. The number of hydrogen-bond acceptors (Lipinski definition) is 9. The molecule has 0 saturated carbocycles. The lowest BCUT2D eigenvalue weighted by Crippen LogP contribution is -2.58. The average molecular weight is 788 g/mol. The van der Waals surface area contributed by atoms with Crippen molar-refractivity contribution in [3.63, 3.8) is 0 Å². The minimum Gasteiger partial charge on any atom is -0.458 e. The molecule has 1 aromatic carbocycles. The quantitative estimate of drug-likeness (QED) is 0.143. The zero-order chi connectivity index (χ0) is 42.3. The van der Waals surface area contributed by atoms with Crippen LogP contribution in [-0.4, -0.2) is 116 Å². The van der Waals surface area contributed by atoms with E-state index in [1.165, 1.54) is 7.11 Å². The van der Waals surface area contributed by atoms with Gasteiger partial charge in [0.1, 0.15) is 17.7 Å². The highest BCUT2D eigenvalue weighted by molar-refractivity contribution is 5.89. The van der Waals surface area contributed by atoms with Crippen LogP contribution in [0.15, 0.2) is 30.3 Å². The van der Waals surface area contributed by atoms with Crippen LogP contribution >= 0.6 is 0 Å². The number of esters is 1. The third-order valence-electron chi connectivity index (χ3n) is 11.1. The number of rotatable bonds is 22. The molecule has 1 aliphatic rings. The number of carbonyl (C=O) groups is 5. The van der Waals surface area contributed by atoms with Crippen molar-refractivity contribution in [2.45, 2.75) is 149 Å². The molecule has 13 heteroatoms. The lowest BCUT2D eigenvalue weighted by molar-refractivity contribution is -0.159. The van der Waals surface area contributed by atoms with Crippen molar-refractivity contribution < 1.29 is 38.2 Å². The van der Waals surface area contributed by atoms with Gasteiger partial charge in [-0.2, -0.15) is 0 Å². The number of nitrogens with one attached hydrogen (secondary N) is 2. The molecule has 1 aromatic rings. The summed E-state index contributed by atoms with van der Waals surface area (Å²) in [6, 6.07) is 6.89. The van der Waals surface area contributed by atoms with Crippen molar-refractivity contribution in [3.05, 3.63) is 35.9 Å². The Morgan fingerprint density at radius 2 is 1.61 bits per heavy atom. The summed E-state index contributed by atoms with van der Waals surface area (Å²) >= 11 is 0. The highest BCUT2D eigenvalue weighted by Crippen LogP contribution is 2.30. The van der Waals surface area contributed by atoms with Gasteiger partial charge in [-0.3, -0.25) is 19.2 Å². The number of carbonyl (C=O) groups excluding carboxylic acids is 5. The Labute approximate surface area is 336 Å². The fourth-order valence-corrected chi connectivity index (χ4v) is 7.61. The van der Waals surface area contributed by atoms with Crippen LogP contribution in [0.3, 0.4) is 0 Å². The Hall–Kier alpha value is -3.55. The maximum absolute atomic E-state index is 14.3. The van der Waals surface area contributed by atoms with Gasteiger partial charge in [-0.15, -0.1) is 0 Å². The maximum atomic E-state index is 14.3. The SMILES string of the molecule is CC[C@H](C)[C@@H]([C@@H](CC(=O)N1CCC[C@H]1[C@H](OC)[C@@H](C)C(=O)N[C@@H](Cc1ccccc1)C(=O)OC(C)(C)C)OC)N(C)C(=O)[C@@H](NC(=O)[C@H](C)CCCN)C(C)C. The lowest BCUT2D eigenvalue weighted by atomic mass is 9.89. The molecule has 0 radical (unpaired) electrons. The first-order valence-electron chi connectivity index (χ1n) is 20.5. The number of nitrogens with zero attached hydrogens (tertiary/aromatic N) is 2. The van der Waals surface area contributed by atoms with Crippen LogP contribution in [0.5, 0.6) is 0 Å². The number of ether oxygens (including phenoxy) is 3. The first kappa shape index (κ1) is 48.6. The second-order valence-corrected chi connectivity index (χ2v) is 16.9. The van der Waals surface area contributed by atoms with Gasteiger partial charge in [-0.25, -0.2) is 4.79 Å². The van der Waals surface area contributed by atoms with Gasteiger partial charge in [0.2, 0.25) is 23.6 Å². The first-order valence-corrected chi connectivity index (χ1v) is 20.5. The van der Waals surface area contributed by atoms with Gasteiger partial charge in [0.25, 0.3) is 0 Å². The van der Waals surface area contributed by atoms with Crippen molar-refractivity contribution in [2.75, 3.05) is 34.4 Å². The summed E-state index contributed by atoms with van der Waals surface area (Å²) in [5, 5.41) is 5.91. The molecule has 1 saturated heterocycles. The molecule has 318 valence electrons. The molecule has 1 heterocycles. The van der Waals surface area contributed by atoms with E-state index >= 15 is 0 Å². The van der Waals surface area contributed by atoms with E-state index in [0.717, 1.165) is 18.4 Å². The molecular weight excluding hydrogens is 714 g/mol. The van der Waals surface area contributed by atoms with Crippen LogP contribution in [0, 0.1) is 23.7 Å². The molecule has 4 N–H and O–H groups in total. The van der Waals surface area contributed by atoms with E-state index in [0.29, 0.717) is 32.4 Å². The van der Waals surface area contributed by atoms with Crippen LogP contribution in [0.1, 0.15) is 106 Å². The third kappa shape index (κ3) is 14.1. The molecule has 13 nitrogen and oxygen atoms in total. The van der Waals surface area contributed by atoms with E-state index < -0.39 is 53.9 Å². The number of nitrogens with two attached hydrogens (primary N) is 1. The van der Waals surface area contributed by atoms with Crippen molar-refractivity contribution in [1.82, 2.24) is 20.4 Å². The molecule has 0 aliphatic carbocycles. The number of likely N-dealkylation sites (tertiary alicyclic amines) is 1. The molecule has 9 atom stereocenters. The van der Waals surface area contributed by atoms with Gasteiger partial charge in [-0.1, -0.05) is 78.3 Å².